The molecule has 2 aromatic rings. The number of rotatable bonds is 6. The van der Waals surface area contributed by atoms with Crippen molar-refractivity contribution in [3.05, 3.63) is 39.6 Å². The fraction of sp³-hybridized carbons (Fsp3) is 0.500. The van der Waals surface area contributed by atoms with Crippen LogP contribution in [-0.2, 0) is 11.3 Å². The molecule has 158 valence electrons. The lowest BCUT2D eigenvalue weighted by molar-refractivity contribution is -0.132. The van der Waals surface area contributed by atoms with Crippen molar-refractivity contribution in [2.24, 2.45) is 0 Å². The lowest BCUT2D eigenvalue weighted by atomic mass is 10.2. The number of benzene rings is 1. The van der Waals surface area contributed by atoms with Gasteiger partial charge in [0.05, 0.1) is 34.6 Å². The first-order valence-corrected chi connectivity index (χ1v) is 10.4. The lowest BCUT2D eigenvalue weighted by Crippen LogP contribution is -2.49. The van der Waals surface area contributed by atoms with Gasteiger partial charge in [-0.1, -0.05) is 30.1 Å². The minimum absolute atomic E-state index is 0.0398. The molecule has 9 heteroatoms. The number of ether oxygens (including phenoxy) is 1. The van der Waals surface area contributed by atoms with Gasteiger partial charge in [0.25, 0.3) is 0 Å². The van der Waals surface area contributed by atoms with Crippen LogP contribution in [0.2, 0.25) is 10.0 Å². The summed E-state index contributed by atoms with van der Waals surface area (Å²) in [5, 5.41) is 15.6. The predicted octanol–water partition coefficient (Wildman–Crippen LogP) is 3.30. The Labute approximate surface area is 180 Å². The third kappa shape index (κ3) is 4.63. The number of nitrogens with zero attached hydrogens (tertiary/aromatic N) is 4. The summed E-state index contributed by atoms with van der Waals surface area (Å²) in [5.41, 5.74) is 2.14. The smallest absolute Gasteiger partial charge is 0.244 e. The van der Waals surface area contributed by atoms with E-state index in [9.17, 15) is 9.90 Å². The van der Waals surface area contributed by atoms with E-state index in [-0.39, 0.29) is 12.5 Å². The maximum Gasteiger partial charge on any atom is 0.244 e. The van der Waals surface area contributed by atoms with E-state index in [1.165, 1.54) is 4.68 Å². The summed E-state index contributed by atoms with van der Waals surface area (Å²) >= 11 is 12.4. The monoisotopic (exact) mass is 440 g/mol. The van der Waals surface area contributed by atoms with Crippen LogP contribution in [-0.4, -0.2) is 59.0 Å². The number of hydrogen-bond donors (Lipinski definition) is 1. The van der Waals surface area contributed by atoms with Crippen LogP contribution in [0.15, 0.2) is 18.2 Å². The van der Waals surface area contributed by atoms with Crippen molar-refractivity contribution in [1.82, 2.24) is 14.7 Å². The third-order valence-electron chi connectivity index (χ3n) is 5.21. The molecule has 0 bridgehead atoms. The Morgan fingerprint density at radius 3 is 2.59 bits per heavy atom. The number of aliphatic hydroxyl groups excluding tert-OH is 1. The van der Waals surface area contributed by atoms with Crippen LogP contribution in [0, 0.1) is 6.92 Å². The minimum Gasteiger partial charge on any atom is -0.495 e. The van der Waals surface area contributed by atoms with Crippen molar-refractivity contribution in [3.63, 3.8) is 0 Å². The summed E-state index contributed by atoms with van der Waals surface area (Å²) in [5.74, 6) is 0.595. The highest BCUT2D eigenvalue weighted by Gasteiger charge is 2.25. The molecule has 3 rings (SSSR count). The number of amides is 1. The summed E-state index contributed by atoms with van der Waals surface area (Å²) in [6, 6.07) is 5.68. The van der Waals surface area contributed by atoms with Crippen molar-refractivity contribution in [2.75, 3.05) is 38.2 Å². The van der Waals surface area contributed by atoms with Gasteiger partial charge in [0.1, 0.15) is 12.3 Å². The molecule has 1 fully saturated rings. The van der Waals surface area contributed by atoms with Gasteiger partial charge in [0, 0.05) is 37.9 Å². The van der Waals surface area contributed by atoms with Crippen LogP contribution in [0.4, 0.5) is 5.69 Å². The zero-order valence-corrected chi connectivity index (χ0v) is 18.4. The Hall–Kier alpha value is -1.96. The molecule has 1 saturated heterocycles. The average Bonchev–Trinajstić information content (AvgIpc) is 3.01. The zero-order valence-electron chi connectivity index (χ0n) is 16.9. The highest BCUT2D eigenvalue weighted by molar-refractivity contribution is 6.32. The van der Waals surface area contributed by atoms with Gasteiger partial charge in [-0.15, -0.1) is 0 Å². The minimum atomic E-state index is -0.742. The van der Waals surface area contributed by atoms with Gasteiger partial charge in [-0.05, 0) is 25.5 Å². The summed E-state index contributed by atoms with van der Waals surface area (Å²) in [4.78, 5) is 16.8. The fourth-order valence-electron chi connectivity index (χ4n) is 3.50. The number of hydrogen-bond acceptors (Lipinski definition) is 5. The molecule has 1 aliphatic heterocycles. The Morgan fingerprint density at radius 1 is 1.28 bits per heavy atom. The van der Waals surface area contributed by atoms with Crippen LogP contribution in [0.1, 0.15) is 30.8 Å². The van der Waals surface area contributed by atoms with Crippen molar-refractivity contribution in [3.8, 4) is 5.75 Å². The fourth-order valence-corrected chi connectivity index (χ4v) is 3.95. The van der Waals surface area contributed by atoms with Gasteiger partial charge in [0.2, 0.25) is 5.91 Å². The molecule has 29 heavy (non-hydrogen) atoms. The maximum atomic E-state index is 12.8. The third-order valence-corrected chi connectivity index (χ3v) is 5.99. The number of carbonyl (C=O) groups excluding carboxylic acids is 1. The molecule has 1 atom stereocenters. The molecule has 0 aliphatic carbocycles. The Morgan fingerprint density at radius 2 is 1.97 bits per heavy atom. The molecule has 1 aromatic carbocycles. The van der Waals surface area contributed by atoms with Crippen LogP contribution in [0.5, 0.6) is 5.75 Å². The molecule has 0 radical (unpaired) electrons. The Kier molecular flexibility index (Phi) is 6.93. The summed E-state index contributed by atoms with van der Waals surface area (Å²) < 4.78 is 6.82. The second-order valence-electron chi connectivity index (χ2n) is 7.05. The first-order chi connectivity index (χ1) is 13.8. The number of piperazine rings is 1. The van der Waals surface area contributed by atoms with Crippen molar-refractivity contribution < 1.29 is 14.6 Å². The van der Waals surface area contributed by atoms with E-state index in [0.717, 1.165) is 5.69 Å². The van der Waals surface area contributed by atoms with Gasteiger partial charge in [-0.3, -0.25) is 9.48 Å². The number of aromatic nitrogens is 2. The second-order valence-corrected chi connectivity index (χ2v) is 7.84. The van der Waals surface area contributed by atoms with Crippen molar-refractivity contribution in [2.45, 2.75) is 32.9 Å². The van der Waals surface area contributed by atoms with Gasteiger partial charge in [-0.2, -0.15) is 5.10 Å². The highest BCUT2D eigenvalue weighted by Crippen LogP contribution is 2.30. The van der Waals surface area contributed by atoms with Crippen molar-refractivity contribution >= 4 is 34.8 Å². The summed E-state index contributed by atoms with van der Waals surface area (Å²) in [7, 11) is 1.59. The van der Waals surface area contributed by atoms with Gasteiger partial charge in [0.15, 0.2) is 0 Å². The van der Waals surface area contributed by atoms with E-state index in [0.29, 0.717) is 59.8 Å². The molecular formula is C20H26Cl2N4O3. The number of aliphatic hydroxyl groups is 1. The number of carbonyl (C=O) groups is 1. The number of aryl methyl sites for hydroxylation is 1. The molecule has 1 N–H and O–H groups in total. The summed E-state index contributed by atoms with van der Waals surface area (Å²) in [6.07, 6.45) is -0.240. The zero-order chi connectivity index (χ0) is 21.1. The quantitative estimate of drug-likeness (QED) is 0.745. The molecule has 1 amide bonds. The topological polar surface area (TPSA) is 70.8 Å². The first-order valence-electron chi connectivity index (χ1n) is 9.62. The summed E-state index contributed by atoms with van der Waals surface area (Å²) in [6.45, 7) is 6.32. The normalized spacial score (nSPS) is 15.5. The van der Waals surface area contributed by atoms with E-state index in [4.69, 9.17) is 27.9 Å². The second kappa shape index (κ2) is 9.24. The highest BCUT2D eigenvalue weighted by atomic mass is 35.5. The number of halogens is 2. The number of anilines is 1. The molecule has 2 heterocycles. The van der Waals surface area contributed by atoms with Gasteiger partial charge < -0.3 is 19.6 Å². The lowest BCUT2D eigenvalue weighted by Gasteiger charge is -2.36. The van der Waals surface area contributed by atoms with E-state index < -0.39 is 6.10 Å². The van der Waals surface area contributed by atoms with Crippen LogP contribution < -0.4 is 9.64 Å². The SMILES string of the molecule is CCC(O)c1c(Cl)c(C)nn1CC(=O)N1CCN(c2ccc(Cl)c(OC)c2)CC1. The molecule has 1 aliphatic rings. The maximum absolute atomic E-state index is 12.8. The van der Waals surface area contributed by atoms with Crippen LogP contribution >= 0.6 is 23.2 Å². The van der Waals surface area contributed by atoms with Crippen LogP contribution in [0.3, 0.4) is 0 Å². The van der Waals surface area contributed by atoms with Crippen LogP contribution in [0.25, 0.3) is 0 Å². The Balaban J connectivity index is 1.65. The van der Waals surface area contributed by atoms with Crippen molar-refractivity contribution in [1.29, 1.82) is 0 Å². The average molecular weight is 441 g/mol. The van der Waals surface area contributed by atoms with Gasteiger partial charge >= 0.3 is 0 Å². The number of methoxy groups -OCH3 is 1. The predicted molar refractivity (Wildman–Crippen MR) is 114 cm³/mol. The molecule has 0 saturated carbocycles. The molecule has 1 aromatic heterocycles. The Bertz CT molecular complexity index is 879. The van der Waals surface area contributed by atoms with E-state index in [2.05, 4.69) is 10.00 Å². The molecule has 7 nitrogen and oxygen atoms in total. The largest absolute Gasteiger partial charge is 0.495 e. The molecule has 1 unspecified atom stereocenters. The first kappa shape index (κ1) is 21.7. The van der Waals surface area contributed by atoms with E-state index in [1.807, 2.05) is 30.0 Å². The van der Waals surface area contributed by atoms with Gasteiger partial charge in [-0.25, -0.2) is 0 Å². The standard InChI is InChI=1S/C20H26Cl2N4O3/c1-4-16(27)20-19(22)13(2)23-26(20)12-18(28)25-9-7-24(8-10-25)14-5-6-15(21)17(11-14)29-3/h5-6,11,16,27H,4,7-10,12H2,1-3H3. The molecule has 0 spiro atoms. The van der Waals surface area contributed by atoms with E-state index >= 15 is 0 Å². The van der Waals surface area contributed by atoms with E-state index in [1.54, 1.807) is 14.0 Å². The molecular weight excluding hydrogens is 415 g/mol.